The van der Waals surface area contributed by atoms with Crippen molar-refractivity contribution in [2.75, 3.05) is 9.80 Å². The molecular formula is C81H54N4O2. The van der Waals surface area contributed by atoms with Gasteiger partial charge in [0.1, 0.15) is 11.2 Å². The third-order valence-electron chi connectivity index (χ3n) is 19.3. The summed E-state index contributed by atoms with van der Waals surface area (Å²) in [6.45, 7) is 6.76. The first-order chi connectivity index (χ1) is 43.0. The fourth-order valence-electron chi connectivity index (χ4n) is 15.5. The van der Waals surface area contributed by atoms with Gasteiger partial charge in [-0.05, 0) is 103 Å². The van der Waals surface area contributed by atoms with Crippen LogP contribution in [0, 0.1) is 19.8 Å². The van der Waals surface area contributed by atoms with Gasteiger partial charge in [-0.25, -0.2) is 0 Å². The number of hydrogen-bond donors (Lipinski definition) is 0. The summed E-state index contributed by atoms with van der Waals surface area (Å²) in [5, 5.41) is 14.2. The molecule has 6 nitrogen and oxygen atoms in total. The van der Waals surface area contributed by atoms with Crippen LogP contribution in [0.25, 0.3) is 142 Å². The lowest BCUT2D eigenvalue weighted by molar-refractivity contribution is 0.603. The van der Waals surface area contributed by atoms with E-state index in [0.717, 1.165) is 77.8 Å². The topological polar surface area (TPSA) is 41.6 Å². The van der Waals surface area contributed by atoms with Gasteiger partial charge in [0.05, 0.1) is 50.5 Å². The normalized spacial score (nSPS) is 14.7. The summed E-state index contributed by atoms with van der Waals surface area (Å²) in [4.78, 5) is 4.95. The number of anilines is 5. The quantitative estimate of drug-likeness (QED) is 0.152. The maximum absolute atomic E-state index is 6.90. The second-order valence-electron chi connectivity index (χ2n) is 24.0. The van der Waals surface area contributed by atoms with E-state index in [0.29, 0.717) is 0 Å². The zero-order chi connectivity index (χ0) is 57.3. The maximum Gasteiger partial charge on any atom is 0.159 e. The van der Waals surface area contributed by atoms with Crippen molar-refractivity contribution in [3.8, 4) is 22.3 Å². The number of aromatic nitrogens is 2. The van der Waals surface area contributed by atoms with E-state index in [9.17, 15) is 0 Å². The molecule has 0 saturated carbocycles. The number of allylic oxidation sites excluding steroid dienone is 2. The molecule has 19 rings (SSSR count). The molecule has 18 aromatic rings. The molecule has 0 spiro atoms. The molecule has 87 heavy (non-hydrogen) atoms. The summed E-state index contributed by atoms with van der Waals surface area (Å²) in [5.41, 5.74) is 23.3. The molecular weight excluding hydrogens is 1060 g/mol. The largest absolute Gasteiger partial charge is 0.454 e. The van der Waals surface area contributed by atoms with Crippen LogP contribution in [0.4, 0.5) is 28.4 Å². The number of fused-ring (bicyclic) bond motifs is 18. The lowest BCUT2D eigenvalue weighted by Crippen LogP contribution is -2.35. The molecule has 12 aromatic carbocycles. The van der Waals surface area contributed by atoms with E-state index in [-0.39, 0.29) is 12.0 Å². The number of benzene rings is 12. The van der Waals surface area contributed by atoms with E-state index in [1.54, 1.807) is 0 Å². The van der Waals surface area contributed by atoms with Crippen molar-refractivity contribution in [2.45, 2.75) is 26.8 Å². The minimum absolute atomic E-state index is 0.0379. The van der Waals surface area contributed by atoms with Crippen molar-refractivity contribution < 1.29 is 8.83 Å². The highest BCUT2D eigenvalue weighted by atomic mass is 16.3. The fourth-order valence-corrected chi connectivity index (χ4v) is 15.5. The van der Waals surface area contributed by atoms with Crippen LogP contribution in [0.5, 0.6) is 0 Å². The summed E-state index contributed by atoms with van der Waals surface area (Å²) in [6.07, 6.45) is 9.07. The van der Waals surface area contributed by atoms with Crippen molar-refractivity contribution in [3.05, 3.63) is 272 Å². The second kappa shape index (κ2) is 18.0. The molecule has 0 bridgehead atoms. The Kier molecular flexibility index (Phi) is 9.98. The standard InChI is InChI=1S/C81H54N4O2/c1-47-21-10-14-34-64(47)82(68-36-20-31-58-54-27-12-16-37-69(54)86-80(58)68)52-40-43-66-62(45-52)56-29-18-32-60-73-72(51-25-8-5-9-26-51)79-74(71(50-23-6-4-7-24-50)78(73)84(66)76(56)60)61-33-19-30-57-63-46-53(41-44-67(63)85(79)77(57)61)83(65-35-15-11-22-48(65)2)75-49(3)39-42-59-55-28-13-17-38-70(55)87-81(59)75/h4-46,48,65H,1-3H3. The van der Waals surface area contributed by atoms with Gasteiger partial charge < -0.3 is 27.4 Å². The Morgan fingerprint density at radius 2 is 0.862 bits per heavy atom. The smallest absolute Gasteiger partial charge is 0.159 e. The zero-order valence-corrected chi connectivity index (χ0v) is 48.1. The molecule has 2 atom stereocenters. The minimum Gasteiger partial charge on any atom is -0.454 e. The Morgan fingerprint density at radius 3 is 1.49 bits per heavy atom. The molecule has 0 radical (unpaired) electrons. The molecule has 1 aliphatic rings. The molecule has 6 heterocycles. The van der Waals surface area contributed by atoms with Crippen LogP contribution in [0.2, 0.25) is 0 Å². The molecule has 0 saturated heterocycles. The van der Waals surface area contributed by atoms with Crippen LogP contribution < -0.4 is 9.80 Å². The third-order valence-corrected chi connectivity index (χ3v) is 19.3. The van der Waals surface area contributed by atoms with Crippen LogP contribution in [-0.4, -0.2) is 14.8 Å². The summed E-state index contributed by atoms with van der Waals surface area (Å²) >= 11 is 0. The Labute approximate surface area is 500 Å². The summed E-state index contributed by atoms with van der Waals surface area (Å²) < 4.78 is 18.9. The maximum atomic E-state index is 6.90. The molecule has 2 unspecified atom stereocenters. The van der Waals surface area contributed by atoms with Crippen molar-refractivity contribution in [1.29, 1.82) is 0 Å². The van der Waals surface area contributed by atoms with Gasteiger partial charge in [0.25, 0.3) is 0 Å². The number of hydrogen-bond acceptors (Lipinski definition) is 4. The monoisotopic (exact) mass is 1110 g/mol. The highest BCUT2D eigenvalue weighted by Crippen LogP contribution is 2.55. The SMILES string of the molecule is Cc1ccccc1N(c1ccc2c(c1)c1cccc3c4c(-c5ccccc5)c5c(c(-c6ccccc6)c4n2c13)c1cccc2c3cc(N(c4c(C)ccc6c4oc4ccccc46)C4C=CC=CC4C)ccc3n5c21)c1cccc2c1oc1ccccc12. The molecule has 0 amide bonds. The molecule has 6 aromatic heterocycles. The van der Waals surface area contributed by atoms with Crippen LogP contribution in [0.3, 0.4) is 0 Å². The van der Waals surface area contributed by atoms with Crippen molar-refractivity contribution >= 4 is 149 Å². The van der Waals surface area contributed by atoms with E-state index >= 15 is 0 Å². The number of aryl methyl sites for hydroxylation is 2. The first kappa shape index (κ1) is 48.3. The molecule has 0 fully saturated rings. The van der Waals surface area contributed by atoms with Gasteiger partial charge in [-0.2, -0.15) is 0 Å². The van der Waals surface area contributed by atoms with Gasteiger partial charge in [-0.1, -0.05) is 207 Å². The average Bonchev–Trinajstić information content (AvgIpc) is 1.51. The van der Waals surface area contributed by atoms with Gasteiger partial charge in [0, 0.05) is 92.8 Å². The number of furan rings is 2. The van der Waals surface area contributed by atoms with Crippen LogP contribution in [0.1, 0.15) is 18.1 Å². The third kappa shape index (κ3) is 6.59. The number of rotatable bonds is 8. The van der Waals surface area contributed by atoms with Gasteiger partial charge in [0.15, 0.2) is 11.2 Å². The van der Waals surface area contributed by atoms with E-state index in [2.05, 4.69) is 294 Å². The van der Waals surface area contributed by atoms with Crippen LogP contribution in [-0.2, 0) is 0 Å². The highest BCUT2D eigenvalue weighted by Gasteiger charge is 2.33. The van der Waals surface area contributed by atoms with Gasteiger partial charge >= 0.3 is 0 Å². The van der Waals surface area contributed by atoms with Crippen molar-refractivity contribution in [1.82, 2.24) is 8.80 Å². The first-order valence-corrected chi connectivity index (χ1v) is 30.3. The highest BCUT2D eigenvalue weighted by molar-refractivity contribution is 6.38. The molecule has 6 heteroatoms. The first-order valence-electron chi connectivity index (χ1n) is 30.3. The van der Waals surface area contributed by atoms with Crippen LogP contribution >= 0.6 is 0 Å². The molecule has 0 N–H and O–H groups in total. The Hall–Kier alpha value is -11.1. The second-order valence-corrected chi connectivity index (χ2v) is 24.0. The number of nitrogens with zero attached hydrogens (tertiary/aromatic N) is 4. The molecule has 0 aliphatic heterocycles. The average molecular weight is 1120 g/mol. The van der Waals surface area contributed by atoms with Crippen molar-refractivity contribution in [3.63, 3.8) is 0 Å². The fraction of sp³-hybridized carbons (Fsp3) is 0.0617. The molecule has 1 aliphatic carbocycles. The van der Waals surface area contributed by atoms with Gasteiger partial charge in [-0.15, -0.1) is 0 Å². The lowest BCUT2D eigenvalue weighted by Gasteiger charge is -2.37. The summed E-state index contributed by atoms with van der Waals surface area (Å²) in [5.74, 6) is 0.233. The van der Waals surface area contributed by atoms with E-state index in [1.807, 2.05) is 6.07 Å². The van der Waals surface area contributed by atoms with Gasteiger partial charge in [-0.3, -0.25) is 0 Å². The van der Waals surface area contributed by atoms with E-state index < -0.39 is 0 Å². The van der Waals surface area contributed by atoms with Crippen LogP contribution in [0.15, 0.2) is 270 Å². The Morgan fingerprint density at radius 1 is 0.368 bits per heavy atom. The summed E-state index contributed by atoms with van der Waals surface area (Å²) in [7, 11) is 0. The Balaban J connectivity index is 0.909. The number of para-hydroxylation sites is 6. The molecule has 410 valence electrons. The Bertz CT molecular complexity index is 5950. The van der Waals surface area contributed by atoms with Gasteiger partial charge in [0.2, 0.25) is 0 Å². The summed E-state index contributed by atoms with van der Waals surface area (Å²) in [6, 6.07) is 87.2. The zero-order valence-electron chi connectivity index (χ0n) is 48.1. The van der Waals surface area contributed by atoms with Crippen molar-refractivity contribution in [2.24, 2.45) is 5.92 Å². The minimum atomic E-state index is 0.0379. The van der Waals surface area contributed by atoms with E-state index in [4.69, 9.17) is 8.83 Å². The van der Waals surface area contributed by atoms with E-state index in [1.165, 1.54) is 104 Å². The lowest BCUT2D eigenvalue weighted by atomic mass is 9.89. The predicted molar refractivity (Wildman–Crippen MR) is 365 cm³/mol. The predicted octanol–water partition coefficient (Wildman–Crippen LogP) is 22.5.